The minimum absolute atomic E-state index is 0.0390. The molecule has 8 nitrogen and oxygen atoms in total. The molecule has 2 N–H and O–H groups in total. The van der Waals surface area contributed by atoms with Crippen LogP contribution in [0.15, 0.2) is 133 Å². The Balaban J connectivity index is 0.000000174. The Morgan fingerprint density at radius 3 is 1.65 bits per heavy atom. The van der Waals surface area contributed by atoms with E-state index < -0.39 is 13.1 Å². The third-order valence-corrected chi connectivity index (χ3v) is 14.6. The number of piperidine rings is 2. The van der Waals surface area contributed by atoms with Crippen LogP contribution in [0.3, 0.4) is 0 Å². The summed E-state index contributed by atoms with van der Waals surface area (Å²) in [5.74, 6) is 0.253. The number of rotatable bonds is 7. The summed E-state index contributed by atoms with van der Waals surface area (Å²) in [6, 6.07) is 36.8. The number of carbonyl (C=O) groups excluding carboxylic acids is 2. The molecule has 0 unspecified atom stereocenters. The first-order chi connectivity index (χ1) is 33.5. The van der Waals surface area contributed by atoms with Gasteiger partial charge < -0.3 is 20.1 Å². The van der Waals surface area contributed by atoms with Crippen LogP contribution < -0.4 is 5.23 Å². The smallest absolute Gasteiger partial charge is 0.374 e. The lowest BCUT2D eigenvalue weighted by Crippen LogP contribution is -2.53. The van der Waals surface area contributed by atoms with Gasteiger partial charge in [0.2, 0.25) is 11.8 Å². The predicted molar refractivity (Wildman–Crippen MR) is 280 cm³/mol. The van der Waals surface area contributed by atoms with Crippen molar-refractivity contribution in [3.8, 4) is 0 Å². The topological polar surface area (TPSA) is 98.7 Å². The highest BCUT2D eigenvalue weighted by Crippen LogP contribution is 2.40. The van der Waals surface area contributed by atoms with E-state index in [-0.39, 0.29) is 11.8 Å². The second-order valence-electron chi connectivity index (χ2n) is 19.0. The van der Waals surface area contributed by atoms with E-state index in [0.29, 0.717) is 25.9 Å². The predicted octanol–water partition coefficient (Wildman–Crippen LogP) is 10.7. The molecule has 0 saturated carbocycles. The van der Waals surface area contributed by atoms with Crippen LogP contribution in [0.25, 0.3) is 11.1 Å². The average Bonchev–Trinajstić information content (AvgIpc) is 3.62. The molecule has 1 atom stereocenters. The number of fused-ring (bicyclic) bond motifs is 4. The van der Waals surface area contributed by atoms with Crippen LogP contribution in [0.2, 0.25) is 16.9 Å². The molecule has 11 heteroatoms. The first-order valence-electron chi connectivity index (χ1n) is 24.5. The number of hydrogen-bond acceptors (Lipinski definition) is 6. The number of carbonyl (C=O) groups is 2. The monoisotopic (exact) mass is 955 g/mol. The maximum Gasteiger partial charge on any atom is 0.374 e. The lowest BCUT2D eigenvalue weighted by Gasteiger charge is -2.33. The molecule has 2 aliphatic heterocycles. The molecule has 69 heavy (non-hydrogen) atoms. The van der Waals surface area contributed by atoms with Crippen molar-refractivity contribution in [1.29, 1.82) is 0 Å². The second kappa shape index (κ2) is 21.9. The molecular weight excluding hydrogens is 896 g/mol. The van der Waals surface area contributed by atoms with Gasteiger partial charge in [-0.2, -0.15) is 0 Å². The van der Waals surface area contributed by atoms with Gasteiger partial charge in [0, 0.05) is 59.8 Å². The van der Waals surface area contributed by atoms with Crippen molar-refractivity contribution >= 4 is 53.2 Å². The first-order valence-corrected chi connectivity index (χ1v) is 25.2. The number of hydrogen-bond donors (Lipinski definition) is 2. The van der Waals surface area contributed by atoms with Gasteiger partial charge in [0.25, 0.3) is 0 Å². The highest BCUT2D eigenvalue weighted by molar-refractivity contribution is 6.46. The highest BCUT2D eigenvalue weighted by Gasteiger charge is 2.31. The van der Waals surface area contributed by atoms with E-state index in [0.717, 1.165) is 97.0 Å². The van der Waals surface area contributed by atoms with Crippen LogP contribution >= 0.6 is 23.2 Å². The third kappa shape index (κ3) is 11.5. The number of likely N-dealkylation sites (tertiary alicyclic amines) is 2. The van der Waals surface area contributed by atoms with Gasteiger partial charge in [0.15, 0.2) is 0 Å². The van der Waals surface area contributed by atoms with Gasteiger partial charge in [-0.15, -0.1) is 0 Å². The molecule has 2 saturated heterocycles. The van der Waals surface area contributed by atoms with E-state index in [1.54, 1.807) is 6.82 Å². The minimum Gasteiger partial charge on any atom is -0.437 e. The highest BCUT2D eigenvalue weighted by atomic mass is 35.5. The van der Waals surface area contributed by atoms with Gasteiger partial charge in [-0.25, -0.2) is 0 Å². The average molecular weight is 957 g/mol. The molecule has 10 rings (SSSR count). The summed E-state index contributed by atoms with van der Waals surface area (Å²) >= 11 is 12.7. The fraction of sp³-hybridized carbons (Fsp3) is 0.310. The zero-order chi connectivity index (χ0) is 48.0. The molecule has 0 radical (unpaired) electrons. The number of halogens is 2. The van der Waals surface area contributed by atoms with Crippen molar-refractivity contribution < 1.29 is 14.6 Å². The fourth-order valence-corrected chi connectivity index (χ4v) is 11.0. The number of amides is 2. The van der Waals surface area contributed by atoms with E-state index >= 15 is 0 Å². The second-order valence-corrected chi connectivity index (χ2v) is 19.9. The van der Waals surface area contributed by atoms with Crippen molar-refractivity contribution in [2.75, 3.05) is 26.2 Å². The Bertz CT molecular complexity index is 2910. The molecule has 352 valence electrons. The van der Waals surface area contributed by atoms with Crippen molar-refractivity contribution in [3.63, 3.8) is 0 Å². The van der Waals surface area contributed by atoms with E-state index in [1.165, 1.54) is 66.8 Å². The number of benzene rings is 4. The van der Waals surface area contributed by atoms with Crippen molar-refractivity contribution in [2.45, 2.75) is 90.9 Å². The molecule has 2 aliphatic carbocycles. The molecule has 2 amide bonds. The summed E-state index contributed by atoms with van der Waals surface area (Å²) in [7, 11) is -0.765. The zero-order valence-electron chi connectivity index (χ0n) is 39.9. The first kappa shape index (κ1) is 48.2. The van der Waals surface area contributed by atoms with E-state index in [4.69, 9.17) is 33.2 Å². The molecule has 2 aromatic heterocycles. The van der Waals surface area contributed by atoms with Gasteiger partial charge in [-0.1, -0.05) is 118 Å². The zero-order valence-corrected chi connectivity index (χ0v) is 41.4. The molecule has 6 aromatic rings. The molecule has 0 spiro atoms. The Hall–Kier alpha value is -5.84. The summed E-state index contributed by atoms with van der Waals surface area (Å²) in [6.07, 6.45) is 11.9. The van der Waals surface area contributed by atoms with Crippen LogP contribution in [-0.2, 0) is 48.1 Å². The summed E-state index contributed by atoms with van der Waals surface area (Å²) in [5.41, 5.74) is 19.5. The Kier molecular flexibility index (Phi) is 15.3. The normalized spacial score (nSPS) is 15.9. The lowest BCUT2D eigenvalue weighted by atomic mass is 9.85. The Labute approximate surface area is 417 Å². The van der Waals surface area contributed by atoms with Crippen molar-refractivity contribution in [2.24, 2.45) is 0 Å². The maximum absolute atomic E-state index is 13.6. The van der Waals surface area contributed by atoms with Gasteiger partial charge >= 0.3 is 7.05 Å². The van der Waals surface area contributed by atoms with Crippen molar-refractivity contribution in [3.05, 3.63) is 210 Å². The van der Waals surface area contributed by atoms with E-state index in [1.807, 2.05) is 58.6 Å². The summed E-state index contributed by atoms with van der Waals surface area (Å²) in [6.45, 7) is 8.59. The number of aryl methyl sites for hydroxylation is 6. The quantitative estimate of drug-likeness (QED) is 0.155. The van der Waals surface area contributed by atoms with Gasteiger partial charge in [-0.3, -0.25) is 19.6 Å². The Morgan fingerprint density at radius 1 is 0.609 bits per heavy atom. The molecule has 4 aromatic carbocycles. The maximum atomic E-state index is 13.6. The largest absolute Gasteiger partial charge is 0.437 e. The van der Waals surface area contributed by atoms with Gasteiger partial charge in [0.1, 0.15) is 0 Å². The lowest BCUT2D eigenvalue weighted by molar-refractivity contribution is -0.133. The van der Waals surface area contributed by atoms with Crippen LogP contribution in [0.5, 0.6) is 0 Å². The van der Waals surface area contributed by atoms with Crippen molar-refractivity contribution in [1.82, 2.24) is 25.0 Å². The van der Waals surface area contributed by atoms with Gasteiger partial charge in [0.05, 0.1) is 23.9 Å². The molecule has 4 heterocycles. The standard InChI is InChI=1S/C30H33BClN3O2.C28H27ClN2O/c1-20-5-7-21(8-6-20)18-27(34-31(2)37)30(36)35-16-13-22(14-17-35)28-26-12-11-25(32)19-24(26)10-9-23-4-3-15-33-29(23)28;1-19-4-2-5-20(16-19)17-26(32)31-14-11-21(12-15-31)27-25-10-9-24(29)18-23(25)8-7-22-6-3-13-30-28(22)27/h3-8,11-12,15,19,27,34,37H,9-10,13-14,16-18H2,1-2H3;2-6,9-10,13,16,18H,7-8,11-12,14-15,17H2,1H3/t27-;/m0./s1. The number of nitrogens with zero attached hydrogens (tertiary/aromatic N) is 4. The van der Waals surface area contributed by atoms with Crippen LogP contribution in [0.4, 0.5) is 0 Å². The molecule has 2 fully saturated rings. The molecule has 0 bridgehead atoms. The van der Waals surface area contributed by atoms with E-state index in [9.17, 15) is 14.6 Å². The number of nitrogens with one attached hydrogen (secondary N) is 1. The summed E-state index contributed by atoms with van der Waals surface area (Å²) in [4.78, 5) is 40.1. The third-order valence-electron chi connectivity index (χ3n) is 14.1. The van der Waals surface area contributed by atoms with Crippen LogP contribution in [0, 0.1) is 13.8 Å². The SMILES string of the molecule is CB(O)N[C@@H](Cc1ccc(C)cc1)C(=O)N1CCC(=C2c3ccc(Cl)cc3CCc3cccnc32)CC1.Cc1cccc(CC(=O)N2CCC(=C3c4ccc(Cl)cc4CCc4cccnc43)CC2)c1. The van der Waals surface area contributed by atoms with Gasteiger partial charge in [-0.05, 0) is 159 Å². The summed E-state index contributed by atoms with van der Waals surface area (Å²) < 4.78 is 0. The summed E-state index contributed by atoms with van der Waals surface area (Å²) in [5, 5.41) is 14.7. The van der Waals surface area contributed by atoms with E-state index in [2.05, 4.69) is 91.9 Å². The van der Waals surface area contributed by atoms with Crippen LogP contribution in [0.1, 0.15) is 92.7 Å². The number of aromatic nitrogens is 2. The minimum atomic E-state index is -0.765. The number of pyridine rings is 2. The molecule has 4 aliphatic rings. The molecular formula is C58H60BCl2N5O3. The van der Waals surface area contributed by atoms with Crippen LogP contribution in [-0.4, -0.2) is 75.9 Å². The fourth-order valence-electron chi connectivity index (χ4n) is 10.6. The Morgan fingerprint density at radius 2 is 1.13 bits per heavy atom.